The van der Waals surface area contributed by atoms with E-state index in [-0.39, 0.29) is 6.61 Å². The molecule has 4 nitrogen and oxygen atoms in total. The number of rotatable bonds is 5. The van der Waals surface area contributed by atoms with Gasteiger partial charge < -0.3 is 4.74 Å². The van der Waals surface area contributed by atoms with E-state index in [1.165, 1.54) is 16.9 Å². The van der Waals surface area contributed by atoms with Gasteiger partial charge in [-0.05, 0) is 18.4 Å². The van der Waals surface area contributed by atoms with Gasteiger partial charge in [0.1, 0.15) is 16.6 Å². The predicted octanol–water partition coefficient (Wildman–Crippen LogP) is 5.66. The zero-order chi connectivity index (χ0) is 17.9. The number of aromatic nitrogens is 2. The van der Waals surface area contributed by atoms with E-state index in [9.17, 15) is 4.79 Å². The first-order valence-electron chi connectivity index (χ1n) is 7.86. The summed E-state index contributed by atoms with van der Waals surface area (Å²) in [6.45, 7) is 2.20. The lowest BCUT2D eigenvalue weighted by Gasteiger charge is -2.00. The van der Waals surface area contributed by atoms with Crippen LogP contribution in [0.3, 0.4) is 0 Å². The van der Waals surface area contributed by atoms with Crippen molar-refractivity contribution in [2.45, 2.75) is 13.5 Å². The Morgan fingerprint density at radius 2 is 1.73 bits per heavy atom. The van der Waals surface area contributed by atoms with Crippen LogP contribution < -0.4 is 0 Å². The van der Waals surface area contributed by atoms with Crippen LogP contribution in [0.15, 0.2) is 51.9 Å². The molecular weight excluding hydrogens is 384 g/mol. The monoisotopic (exact) mass is 398 g/mol. The summed E-state index contributed by atoms with van der Waals surface area (Å²) in [6.07, 6.45) is 0. The molecule has 4 rings (SSSR count). The van der Waals surface area contributed by atoms with Crippen molar-refractivity contribution in [3.05, 3.63) is 68.8 Å². The molecule has 7 heteroatoms. The summed E-state index contributed by atoms with van der Waals surface area (Å²) in [5.41, 5.74) is 4.39. The van der Waals surface area contributed by atoms with Crippen LogP contribution in [0.1, 0.15) is 21.7 Å². The van der Waals surface area contributed by atoms with E-state index in [0.29, 0.717) is 5.69 Å². The van der Waals surface area contributed by atoms with E-state index >= 15 is 0 Å². The number of hydrogen-bond donors (Lipinski definition) is 0. The largest absolute Gasteiger partial charge is 0.454 e. The third-order valence-electron chi connectivity index (χ3n) is 3.68. The average molecular weight is 399 g/mol. The van der Waals surface area contributed by atoms with Crippen molar-refractivity contribution in [3.63, 3.8) is 0 Å². The van der Waals surface area contributed by atoms with Gasteiger partial charge >= 0.3 is 5.97 Å². The van der Waals surface area contributed by atoms with E-state index in [4.69, 9.17) is 4.74 Å². The van der Waals surface area contributed by atoms with E-state index in [1.807, 2.05) is 34.3 Å². The molecule has 0 radical (unpaired) electrons. The van der Waals surface area contributed by atoms with Gasteiger partial charge in [0.15, 0.2) is 5.69 Å². The second-order valence-corrected chi connectivity index (χ2v) is 8.13. The minimum atomic E-state index is -0.424. The molecule has 3 aromatic heterocycles. The number of benzene rings is 1. The molecule has 0 saturated carbocycles. The maximum absolute atomic E-state index is 12.2. The number of nitrogens with zero attached hydrogens (tertiary/aromatic N) is 2. The van der Waals surface area contributed by atoms with Crippen LogP contribution in [0.4, 0.5) is 0 Å². The number of aryl methyl sites for hydroxylation is 1. The summed E-state index contributed by atoms with van der Waals surface area (Å²) in [7, 11) is 0. The minimum absolute atomic E-state index is 0.145. The third kappa shape index (κ3) is 3.75. The molecule has 0 aliphatic carbocycles. The van der Waals surface area contributed by atoms with Gasteiger partial charge in [0, 0.05) is 27.3 Å². The summed E-state index contributed by atoms with van der Waals surface area (Å²) in [5, 5.41) is 9.39. The second kappa shape index (κ2) is 7.49. The fourth-order valence-corrected chi connectivity index (χ4v) is 4.61. The molecule has 0 N–H and O–H groups in total. The Morgan fingerprint density at radius 1 is 0.962 bits per heavy atom. The van der Waals surface area contributed by atoms with Crippen molar-refractivity contribution in [2.24, 2.45) is 0 Å². The predicted molar refractivity (Wildman–Crippen MR) is 107 cm³/mol. The topological polar surface area (TPSA) is 52.1 Å². The smallest absolute Gasteiger partial charge is 0.358 e. The first-order valence-corrected chi connectivity index (χ1v) is 10.6. The van der Waals surface area contributed by atoms with Crippen LogP contribution in [0.5, 0.6) is 0 Å². The van der Waals surface area contributed by atoms with Gasteiger partial charge in [-0.15, -0.1) is 22.7 Å². The first kappa shape index (κ1) is 17.1. The second-order valence-electron chi connectivity index (χ2n) is 5.64. The van der Waals surface area contributed by atoms with Crippen LogP contribution in [-0.2, 0) is 11.3 Å². The van der Waals surface area contributed by atoms with E-state index in [0.717, 1.165) is 26.8 Å². The van der Waals surface area contributed by atoms with Crippen molar-refractivity contribution < 1.29 is 9.53 Å². The summed E-state index contributed by atoms with van der Waals surface area (Å²) >= 11 is 4.59. The number of hydrogen-bond acceptors (Lipinski definition) is 7. The standard InChI is InChI=1S/C19H14N2O2S3/c1-12-2-4-13(5-3-12)17-20-15(10-25-17)8-23-19(22)16-11-26-18(21-16)14-6-7-24-9-14/h2-7,9-11H,8H2,1H3. The highest BCUT2D eigenvalue weighted by atomic mass is 32.1. The first-order chi connectivity index (χ1) is 12.7. The van der Waals surface area contributed by atoms with Gasteiger partial charge in [-0.2, -0.15) is 11.3 Å². The van der Waals surface area contributed by atoms with E-state index in [2.05, 4.69) is 29.0 Å². The molecule has 0 amide bonds. The molecule has 3 heterocycles. The molecule has 26 heavy (non-hydrogen) atoms. The lowest BCUT2D eigenvalue weighted by atomic mass is 10.2. The van der Waals surface area contributed by atoms with Crippen LogP contribution in [0.25, 0.3) is 21.1 Å². The zero-order valence-corrected chi connectivity index (χ0v) is 16.3. The molecule has 0 spiro atoms. The van der Waals surface area contributed by atoms with Gasteiger partial charge in [0.25, 0.3) is 0 Å². The molecule has 0 fully saturated rings. The van der Waals surface area contributed by atoms with Crippen molar-refractivity contribution >= 4 is 40.0 Å². The van der Waals surface area contributed by atoms with Crippen molar-refractivity contribution in [3.8, 4) is 21.1 Å². The number of carbonyl (C=O) groups excluding carboxylic acids is 1. The van der Waals surface area contributed by atoms with Crippen molar-refractivity contribution in [1.82, 2.24) is 9.97 Å². The number of thiazole rings is 2. The maximum atomic E-state index is 12.2. The quantitative estimate of drug-likeness (QED) is 0.407. The van der Waals surface area contributed by atoms with Crippen LogP contribution >= 0.6 is 34.0 Å². The Hall–Kier alpha value is -2.35. The number of esters is 1. The minimum Gasteiger partial charge on any atom is -0.454 e. The van der Waals surface area contributed by atoms with Gasteiger partial charge in [0.2, 0.25) is 0 Å². The molecule has 0 bridgehead atoms. The lowest BCUT2D eigenvalue weighted by Crippen LogP contribution is -2.05. The van der Waals surface area contributed by atoms with Gasteiger partial charge in [-0.25, -0.2) is 14.8 Å². The fraction of sp³-hybridized carbons (Fsp3) is 0.105. The highest BCUT2D eigenvalue weighted by molar-refractivity contribution is 7.14. The molecular formula is C19H14N2O2S3. The number of carbonyl (C=O) groups is 1. The van der Waals surface area contributed by atoms with Gasteiger partial charge in [-0.3, -0.25) is 0 Å². The molecule has 130 valence electrons. The SMILES string of the molecule is Cc1ccc(-c2nc(COC(=O)c3csc(-c4ccsc4)n3)cs2)cc1. The van der Waals surface area contributed by atoms with E-state index in [1.54, 1.807) is 28.1 Å². The third-order valence-corrected chi connectivity index (χ3v) is 6.20. The van der Waals surface area contributed by atoms with Gasteiger partial charge in [0.05, 0.1) is 5.69 Å². The Morgan fingerprint density at radius 3 is 2.50 bits per heavy atom. The molecule has 0 saturated heterocycles. The van der Waals surface area contributed by atoms with Crippen LogP contribution in [-0.4, -0.2) is 15.9 Å². The Labute approximate surface area is 162 Å². The van der Waals surface area contributed by atoms with Crippen molar-refractivity contribution in [2.75, 3.05) is 0 Å². The molecule has 0 atom stereocenters. The fourth-order valence-electron chi connectivity index (χ4n) is 2.30. The van der Waals surface area contributed by atoms with Gasteiger partial charge in [-0.1, -0.05) is 29.8 Å². The normalized spacial score (nSPS) is 10.8. The molecule has 4 aromatic rings. The zero-order valence-electron chi connectivity index (χ0n) is 13.8. The highest BCUT2D eigenvalue weighted by Crippen LogP contribution is 2.27. The lowest BCUT2D eigenvalue weighted by molar-refractivity contribution is 0.0462. The maximum Gasteiger partial charge on any atom is 0.358 e. The molecule has 1 aromatic carbocycles. The average Bonchev–Trinajstić information content (AvgIpc) is 3.41. The highest BCUT2D eigenvalue weighted by Gasteiger charge is 2.14. The molecule has 0 aliphatic heterocycles. The Kier molecular flexibility index (Phi) is 4.92. The summed E-state index contributed by atoms with van der Waals surface area (Å²) in [5.74, 6) is -0.424. The summed E-state index contributed by atoms with van der Waals surface area (Å²) in [4.78, 5) is 21.1. The summed E-state index contributed by atoms with van der Waals surface area (Å²) in [6, 6.07) is 10.2. The number of thiophene rings is 1. The van der Waals surface area contributed by atoms with E-state index < -0.39 is 5.97 Å². The van der Waals surface area contributed by atoms with Crippen molar-refractivity contribution in [1.29, 1.82) is 0 Å². The molecule has 0 unspecified atom stereocenters. The Bertz CT molecular complexity index is 1020. The number of ether oxygens (including phenoxy) is 1. The Balaban J connectivity index is 1.40. The molecule has 0 aliphatic rings. The van der Waals surface area contributed by atoms with Crippen LogP contribution in [0, 0.1) is 6.92 Å². The summed E-state index contributed by atoms with van der Waals surface area (Å²) < 4.78 is 5.37. The van der Waals surface area contributed by atoms with Crippen LogP contribution in [0.2, 0.25) is 0 Å².